The van der Waals surface area contributed by atoms with Gasteiger partial charge in [0.15, 0.2) is 0 Å². The van der Waals surface area contributed by atoms with Gasteiger partial charge in [0.2, 0.25) is 0 Å². The Kier molecular flexibility index (Phi) is 6.78. The summed E-state index contributed by atoms with van der Waals surface area (Å²) >= 11 is 1.08. The number of amides is 2. The van der Waals surface area contributed by atoms with Gasteiger partial charge in [-0.3, -0.25) is 19.5 Å². The molecule has 0 aliphatic rings. The number of carbonyl (C=O) groups excluding carboxylic acids is 2. The van der Waals surface area contributed by atoms with Crippen LogP contribution in [0.25, 0.3) is 5.69 Å². The number of aryl methyl sites for hydroxylation is 3. The lowest BCUT2D eigenvalue weighted by Gasteiger charge is -2.05. The zero-order chi connectivity index (χ0) is 23.6. The van der Waals surface area contributed by atoms with Gasteiger partial charge in [-0.05, 0) is 76.9 Å². The molecular weight excluding hydrogens is 426 g/mol. The largest absolute Gasteiger partial charge is 0.349 e. The molecule has 9 heteroatoms. The molecule has 0 spiro atoms. The third-order valence-electron chi connectivity index (χ3n) is 4.98. The van der Waals surface area contributed by atoms with Crippen LogP contribution in [0.4, 0.5) is 0 Å². The van der Waals surface area contributed by atoms with Crippen molar-refractivity contribution >= 4 is 28.9 Å². The highest BCUT2D eigenvalue weighted by atomic mass is 32.1. The highest BCUT2D eigenvalue weighted by Crippen LogP contribution is 2.17. The van der Waals surface area contributed by atoms with E-state index in [4.69, 9.17) is 0 Å². The van der Waals surface area contributed by atoms with E-state index in [-0.39, 0.29) is 17.5 Å². The first-order valence-corrected chi connectivity index (χ1v) is 11.0. The van der Waals surface area contributed by atoms with Crippen molar-refractivity contribution in [1.82, 2.24) is 20.5 Å². The van der Waals surface area contributed by atoms with Crippen LogP contribution in [0.15, 0.2) is 40.2 Å². The summed E-state index contributed by atoms with van der Waals surface area (Å²) in [5.41, 5.74) is 6.61. The van der Waals surface area contributed by atoms with Gasteiger partial charge in [-0.15, -0.1) is 11.3 Å². The predicted molar refractivity (Wildman–Crippen MR) is 127 cm³/mol. The van der Waals surface area contributed by atoms with Crippen molar-refractivity contribution in [2.24, 2.45) is 5.10 Å². The van der Waals surface area contributed by atoms with E-state index in [0.717, 1.165) is 28.2 Å². The quantitative estimate of drug-likeness (QED) is 0.393. The fraction of sp³-hybridized carbons (Fsp3) is 0.304. The topological polar surface area (TPSA) is 108 Å². The van der Waals surface area contributed by atoms with E-state index in [9.17, 15) is 14.4 Å². The molecule has 3 rings (SSSR count). The Hall–Kier alpha value is -3.46. The molecule has 3 aromatic rings. The number of hydrogen-bond donors (Lipinski definition) is 3. The number of nitrogens with zero attached hydrogens (tertiary/aromatic N) is 2. The van der Waals surface area contributed by atoms with Gasteiger partial charge in [0, 0.05) is 11.7 Å². The van der Waals surface area contributed by atoms with Gasteiger partial charge >= 0.3 is 0 Å². The lowest BCUT2D eigenvalue weighted by molar-refractivity contribution is 0.0944. The van der Waals surface area contributed by atoms with E-state index >= 15 is 0 Å². The Bertz CT molecular complexity index is 1260. The highest BCUT2D eigenvalue weighted by molar-refractivity contribution is 7.15. The third kappa shape index (κ3) is 4.88. The van der Waals surface area contributed by atoms with Gasteiger partial charge in [-0.1, -0.05) is 6.07 Å². The second-order valence-electron chi connectivity index (χ2n) is 7.95. The monoisotopic (exact) mass is 453 g/mol. The minimum Gasteiger partial charge on any atom is -0.349 e. The van der Waals surface area contributed by atoms with Crippen molar-refractivity contribution in [2.45, 2.75) is 47.6 Å². The summed E-state index contributed by atoms with van der Waals surface area (Å²) in [5, 5.41) is 9.99. The lowest BCUT2D eigenvalue weighted by Crippen LogP contribution is -2.29. The molecule has 0 saturated heterocycles. The SMILES string of the molecule is C/C(=N/NC(=O)c1ccc(C(=O)NC(C)C)s1)c1c(C)[nH]n(-c2ccc(C)c(C)c2)c1=O. The molecule has 0 unspecified atom stereocenters. The van der Waals surface area contributed by atoms with Crippen LogP contribution in [-0.4, -0.2) is 33.3 Å². The Morgan fingerprint density at radius 1 is 1.03 bits per heavy atom. The van der Waals surface area contributed by atoms with Gasteiger partial charge in [0.1, 0.15) is 0 Å². The average molecular weight is 454 g/mol. The molecule has 32 heavy (non-hydrogen) atoms. The van der Waals surface area contributed by atoms with Crippen LogP contribution in [0.3, 0.4) is 0 Å². The zero-order valence-corrected chi connectivity index (χ0v) is 19.8. The molecule has 0 aliphatic heterocycles. The van der Waals surface area contributed by atoms with Crippen LogP contribution in [0.1, 0.15) is 62.5 Å². The molecule has 0 atom stereocenters. The number of aromatic amines is 1. The fourth-order valence-electron chi connectivity index (χ4n) is 3.18. The normalized spacial score (nSPS) is 11.7. The Morgan fingerprint density at radius 2 is 1.69 bits per heavy atom. The summed E-state index contributed by atoms with van der Waals surface area (Å²) in [5.74, 6) is -0.667. The van der Waals surface area contributed by atoms with Crippen LogP contribution in [0.5, 0.6) is 0 Å². The van der Waals surface area contributed by atoms with Crippen molar-refractivity contribution in [3.05, 3.63) is 72.8 Å². The minimum absolute atomic E-state index is 0.00610. The zero-order valence-electron chi connectivity index (χ0n) is 19.0. The summed E-state index contributed by atoms with van der Waals surface area (Å²) in [7, 11) is 0. The van der Waals surface area contributed by atoms with E-state index < -0.39 is 5.91 Å². The number of aromatic nitrogens is 2. The molecule has 2 aromatic heterocycles. The number of benzene rings is 1. The van der Waals surface area contributed by atoms with Crippen LogP contribution < -0.4 is 16.3 Å². The maximum absolute atomic E-state index is 13.0. The standard InChI is InChI=1S/C23H27N5O3S/c1-12(2)24-21(29)18-9-10-19(32-18)22(30)26-25-15(5)20-16(6)27-28(23(20)31)17-8-7-13(3)14(4)11-17/h7-12,27H,1-6H3,(H,24,29)(H,26,30)/b25-15-. The number of rotatable bonds is 6. The van der Waals surface area contributed by atoms with Crippen LogP contribution in [0, 0.1) is 20.8 Å². The first-order chi connectivity index (χ1) is 15.1. The van der Waals surface area contributed by atoms with E-state index in [1.807, 2.05) is 45.9 Å². The maximum Gasteiger partial charge on any atom is 0.281 e. The molecule has 0 fully saturated rings. The Morgan fingerprint density at radius 3 is 2.31 bits per heavy atom. The van der Waals surface area contributed by atoms with E-state index in [1.54, 1.807) is 26.0 Å². The molecule has 0 aliphatic carbocycles. The van der Waals surface area contributed by atoms with E-state index in [2.05, 4.69) is 20.9 Å². The number of nitrogens with one attached hydrogen (secondary N) is 3. The highest BCUT2D eigenvalue weighted by Gasteiger charge is 2.17. The second kappa shape index (κ2) is 9.35. The average Bonchev–Trinajstić information content (AvgIpc) is 3.33. The van der Waals surface area contributed by atoms with Crippen LogP contribution >= 0.6 is 11.3 Å². The van der Waals surface area contributed by atoms with Crippen molar-refractivity contribution in [1.29, 1.82) is 0 Å². The maximum atomic E-state index is 13.0. The third-order valence-corrected chi connectivity index (χ3v) is 6.06. The molecule has 2 amide bonds. The summed E-state index contributed by atoms with van der Waals surface area (Å²) in [6.07, 6.45) is 0. The summed E-state index contributed by atoms with van der Waals surface area (Å²) < 4.78 is 1.47. The Balaban J connectivity index is 1.79. The van der Waals surface area contributed by atoms with E-state index in [1.165, 1.54) is 4.68 Å². The lowest BCUT2D eigenvalue weighted by atomic mass is 10.1. The Labute approximate surface area is 190 Å². The van der Waals surface area contributed by atoms with Crippen molar-refractivity contribution < 1.29 is 9.59 Å². The van der Waals surface area contributed by atoms with Gasteiger partial charge < -0.3 is 5.32 Å². The molecule has 168 valence electrons. The molecule has 3 N–H and O–H groups in total. The second-order valence-corrected chi connectivity index (χ2v) is 9.03. The van der Waals surface area contributed by atoms with Crippen LogP contribution in [0.2, 0.25) is 0 Å². The van der Waals surface area contributed by atoms with Crippen molar-refractivity contribution in [3.8, 4) is 5.69 Å². The van der Waals surface area contributed by atoms with Gasteiger partial charge in [0.05, 0.1) is 26.7 Å². The molecule has 1 aromatic carbocycles. The smallest absolute Gasteiger partial charge is 0.281 e. The van der Waals surface area contributed by atoms with Crippen LogP contribution in [-0.2, 0) is 0 Å². The number of hydrogen-bond acceptors (Lipinski definition) is 5. The number of H-pyrrole nitrogens is 1. The van der Waals surface area contributed by atoms with Gasteiger partial charge in [0.25, 0.3) is 17.4 Å². The molecule has 0 saturated carbocycles. The summed E-state index contributed by atoms with van der Waals surface area (Å²) in [6.45, 7) is 11.2. The predicted octanol–water partition coefficient (Wildman–Crippen LogP) is 3.44. The molecule has 8 nitrogen and oxygen atoms in total. The van der Waals surface area contributed by atoms with Crippen molar-refractivity contribution in [2.75, 3.05) is 0 Å². The first kappa shape index (κ1) is 23.2. The van der Waals surface area contributed by atoms with E-state index in [0.29, 0.717) is 26.7 Å². The number of carbonyl (C=O) groups is 2. The summed E-state index contributed by atoms with van der Waals surface area (Å²) in [6, 6.07) is 8.97. The molecule has 0 bridgehead atoms. The fourth-order valence-corrected chi connectivity index (χ4v) is 3.98. The molecular formula is C23H27N5O3S. The molecule has 2 heterocycles. The van der Waals surface area contributed by atoms with Crippen molar-refractivity contribution in [3.63, 3.8) is 0 Å². The van der Waals surface area contributed by atoms with Gasteiger partial charge in [-0.25, -0.2) is 10.1 Å². The van der Waals surface area contributed by atoms with Gasteiger partial charge in [-0.2, -0.15) is 5.10 Å². The first-order valence-electron chi connectivity index (χ1n) is 10.2. The molecule has 0 radical (unpaired) electrons. The number of hydrazone groups is 1. The minimum atomic E-state index is -0.444. The summed E-state index contributed by atoms with van der Waals surface area (Å²) in [4.78, 5) is 38.4. The number of thiophene rings is 1.